The molecule has 0 aromatic carbocycles. The first kappa shape index (κ1) is 18.7. The van der Waals surface area contributed by atoms with Gasteiger partial charge in [-0.15, -0.1) is 0 Å². The largest absolute Gasteiger partial charge is 0.436 e. The quantitative estimate of drug-likeness (QED) is 0.492. The Morgan fingerprint density at radius 3 is 1.91 bits per heavy atom. The summed E-state index contributed by atoms with van der Waals surface area (Å²) in [6, 6.07) is 0. The number of hydrogen-bond acceptors (Lipinski definition) is 4. The monoisotopic (exact) mass is 326 g/mol. The molecule has 2 aliphatic carbocycles. The van der Waals surface area contributed by atoms with Gasteiger partial charge in [0.2, 0.25) is 0 Å². The van der Waals surface area contributed by atoms with Crippen molar-refractivity contribution in [3.8, 4) is 0 Å². The molecule has 0 spiro atoms. The summed E-state index contributed by atoms with van der Waals surface area (Å²) in [5.41, 5.74) is 0. The lowest BCUT2D eigenvalue weighted by Gasteiger charge is -2.29. The normalized spacial score (nSPS) is 27.3. The summed E-state index contributed by atoms with van der Waals surface area (Å²) in [7, 11) is 0. The summed E-state index contributed by atoms with van der Waals surface area (Å²) < 4.78 is 16.9. The fraction of sp³-hybridized carbons (Fsp3) is 0.947. The van der Waals surface area contributed by atoms with Crippen LogP contribution in [0, 0.1) is 17.8 Å². The van der Waals surface area contributed by atoms with Crippen LogP contribution in [-0.2, 0) is 19.0 Å². The van der Waals surface area contributed by atoms with E-state index in [2.05, 4.69) is 13.8 Å². The lowest BCUT2D eigenvalue weighted by Crippen LogP contribution is -2.27. The average molecular weight is 326 g/mol. The summed E-state index contributed by atoms with van der Waals surface area (Å²) in [6.45, 7) is 7.62. The maximum Gasteiger partial charge on any atom is 0.311 e. The third kappa shape index (κ3) is 6.80. The molecule has 2 aliphatic rings. The van der Waals surface area contributed by atoms with E-state index in [-0.39, 0.29) is 11.9 Å². The molecule has 4 nitrogen and oxygen atoms in total. The highest BCUT2D eigenvalue weighted by atomic mass is 16.7. The van der Waals surface area contributed by atoms with Crippen molar-refractivity contribution in [1.82, 2.24) is 0 Å². The van der Waals surface area contributed by atoms with Gasteiger partial charge < -0.3 is 14.2 Å². The molecule has 1 unspecified atom stereocenters. The average Bonchev–Trinajstić information content (AvgIpc) is 3.06. The van der Waals surface area contributed by atoms with Gasteiger partial charge >= 0.3 is 5.97 Å². The second-order valence-electron chi connectivity index (χ2n) is 7.59. The van der Waals surface area contributed by atoms with E-state index < -0.39 is 6.29 Å². The van der Waals surface area contributed by atoms with Crippen molar-refractivity contribution in [3.63, 3.8) is 0 Å². The van der Waals surface area contributed by atoms with Gasteiger partial charge in [0.1, 0.15) is 0 Å². The van der Waals surface area contributed by atoms with E-state index in [1.807, 2.05) is 6.92 Å². The van der Waals surface area contributed by atoms with E-state index in [0.29, 0.717) is 24.5 Å². The summed E-state index contributed by atoms with van der Waals surface area (Å²) >= 11 is 0. The van der Waals surface area contributed by atoms with Crippen LogP contribution in [0.25, 0.3) is 0 Å². The third-order valence-electron chi connectivity index (χ3n) is 5.17. The molecule has 134 valence electrons. The highest BCUT2D eigenvalue weighted by Gasteiger charge is 2.26. The molecule has 0 aliphatic heterocycles. The van der Waals surface area contributed by atoms with Crippen LogP contribution in [0.5, 0.6) is 0 Å². The SMILES string of the molecule is CC(C)OCC1CCC(COC(C)OC(=O)C2CCCC2)CC1. The minimum absolute atomic E-state index is 0.0652. The molecule has 0 saturated heterocycles. The zero-order chi connectivity index (χ0) is 16.7. The molecule has 0 amide bonds. The summed E-state index contributed by atoms with van der Waals surface area (Å²) in [6.07, 6.45) is 9.00. The summed E-state index contributed by atoms with van der Waals surface area (Å²) in [5.74, 6) is 1.34. The fourth-order valence-corrected chi connectivity index (χ4v) is 3.62. The Morgan fingerprint density at radius 1 is 0.870 bits per heavy atom. The molecule has 2 fully saturated rings. The predicted molar refractivity (Wildman–Crippen MR) is 90.0 cm³/mol. The Morgan fingerprint density at radius 2 is 1.39 bits per heavy atom. The Bertz CT molecular complexity index is 341. The molecule has 0 bridgehead atoms. The van der Waals surface area contributed by atoms with Gasteiger partial charge in [0.15, 0.2) is 6.29 Å². The zero-order valence-electron chi connectivity index (χ0n) is 15.1. The molecule has 1 atom stereocenters. The van der Waals surface area contributed by atoms with Gasteiger partial charge in [0.25, 0.3) is 0 Å². The van der Waals surface area contributed by atoms with Crippen LogP contribution >= 0.6 is 0 Å². The minimum Gasteiger partial charge on any atom is -0.436 e. The molecule has 4 heteroatoms. The Labute approximate surface area is 141 Å². The van der Waals surface area contributed by atoms with Crippen molar-refractivity contribution in [2.75, 3.05) is 13.2 Å². The highest BCUT2D eigenvalue weighted by Crippen LogP contribution is 2.30. The molecule has 0 aromatic heterocycles. The van der Waals surface area contributed by atoms with Gasteiger partial charge in [-0.2, -0.15) is 0 Å². The van der Waals surface area contributed by atoms with Crippen molar-refractivity contribution < 1.29 is 19.0 Å². The number of rotatable bonds is 8. The van der Waals surface area contributed by atoms with Crippen molar-refractivity contribution >= 4 is 5.97 Å². The number of ether oxygens (including phenoxy) is 3. The van der Waals surface area contributed by atoms with Gasteiger partial charge in [0.05, 0.1) is 18.6 Å². The van der Waals surface area contributed by atoms with Crippen LogP contribution in [-0.4, -0.2) is 31.6 Å². The van der Waals surface area contributed by atoms with Crippen LogP contribution in [0.4, 0.5) is 0 Å². The molecular formula is C19H34O4. The number of carbonyl (C=O) groups excluding carboxylic acids is 1. The molecular weight excluding hydrogens is 292 g/mol. The molecule has 0 aromatic rings. The second kappa shape index (κ2) is 9.63. The second-order valence-corrected chi connectivity index (χ2v) is 7.59. The standard InChI is InChI=1S/C19H34O4/c1-14(2)21-12-16-8-10-17(11-9-16)13-22-15(3)23-19(20)18-6-4-5-7-18/h14-18H,4-13H2,1-3H3. The van der Waals surface area contributed by atoms with Gasteiger partial charge in [-0.3, -0.25) is 4.79 Å². The van der Waals surface area contributed by atoms with Gasteiger partial charge in [-0.25, -0.2) is 0 Å². The molecule has 0 heterocycles. The van der Waals surface area contributed by atoms with Crippen molar-refractivity contribution in [1.29, 1.82) is 0 Å². The third-order valence-corrected chi connectivity index (χ3v) is 5.17. The summed E-state index contributed by atoms with van der Waals surface area (Å²) in [4.78, 5) is 12.0. The van der Waals surface area contributed by atoms with Crippen LogP contribution in [0.15, 0.2) is 0 Å². The van der Waals surface area contributed by atoms with E-state index >= 15 is 0 Å². The van der Waals surface area contributed by atoms with E-state index in [1.165, 1.54) is 25.7 Å². The van der Waals surface area contributed by atoms with E-state index in [1.54, 1.807) is 0 Å². The fourth-order valence-electron chi connectivity index (χ4n) is 3.62. The maximum atomic E-state index is 12.0. The van der Waals surface area contributed by atoms with Crippen molar-refractivity contribution in [3.05, 3.63) is 0 Å². The predicted octanol–water partition coefficient (Wildman–Crippen LogP) is 4.31. The minimum atomic E-state index is -0.412. The lowest BCUT2D eigenvalue weighted by atomic mass is 9.83. The molecule has 2 saturated carbocycles. The molecule has 0 N–H and O–H groups in total. The topological polar surface area (TPSA) is 44.8 Å². The zero-order valence-corrected chi connectivity index (χ0v) is 15.1. The Kier molecular flexibility index (Phi) is 7.84. The van der Waals surface area contributed by atoms with E-state index in [9.17, 15) is 4.79 Å². The lowest BCUT2D eigenvalue weighted by molar-refractivity contribution is -0.182. The van der Waals surface area contributed by atoms with Crippen molar-refractivity contribution in [2.45, 2.75) is 84.5 Å². The van der Waals surface area contributed by atoms with Gasteiger partial charge in [0, 0.05) is 6.61 Å². The maximum absolute atomic E-state index is 12.0. The van der Waals surface area contributed by atoms with E-state index in [0.717, 1.165) is 32.3 Å². The number of hydrogen-bond donors (Lipinski definition) is 0. The Balaban J connectivity index is 1.56. The van der Waals surface area contributed by atoms with Crippen LogP contribution < -0.4 is 0 Å². The first-order valence-electron chi connectivity index (χ1n) is 9.48. The number of carbonyl (C=O) groups is 1. The smallest absolute Gasteiger partial charge is 0.311 e. The Hall–Kier alpha value is -0.610. The number of esters is 1. The van der Waals surface area contributed by atoms with Crippen LogP contribution in [0.1, 0.15) is 72.1 Å². The molecule has 2 rings (SSSR count). The highest BCUT2D eigenvalue weighted by molar-refractivity contribution is 5.72. The van der Waals surface area contributed by atoms with Crippen LogP contribution in [0.3, 0.4) is 0 Å². The van der Waals surface area contributed by atoms with E-state index in [4.69, 9.17) is 14.2 Å². The van der Waals surface area contributed by atoms with Gasteiger partial charge in [-0.05, 0) is 71.1 Å². The first-order valence-corrected chi connectivity index (χ1v) is 9.48. The first-order chi connectivity index (χ1) is 11.0. The van der Waals surface area contributed by atoms with Crippen LogP contribution in [0.2, 0.25) is 0 Å². The summed E-state index contributed by atoms with van der Waals surface area (Å²) in [5, 5.41) is 0. The van der Waals surface area contributed by atoms with Gasteiger partial charge in [-0.1, -0.05) is 12.8 Å². The molecule has 23 heavy (non-hydrogen) atoms. The molecule has 0 radical (unpaired) electrons. The van der Waals surface area contributed by atoms with Crippen molar-refractivity contribution in [2.24, 2.45) is 17.8 Å².